The maximum Gasteiger partial charge on any atom is 0.227 e. The molecule has 4 heteroatoms. The van der Waals surface area contributed by atoms with Crippen molar-refractivity contribution < 1.29 is 9.53 Å². The van der Waals surface area contributed by atoms with Gasteiger partial charge in [0.05, 0.1) is 19.1 Å². The van der Waals surface area contributed by atoms with Gasteiger partial charge in [0.15, 0.2) is 0 Å². The molecule has 0 spiro atoms. The number of rotatable bonds is 3. The number of piperidine rings is 1. The summed E-state index contributed by atoms with van der Waals surface area (Å²) < 4.78 is 5.30. The van der Waals surface area contributed by atoms with Gasteiger partial charge in [0.25, 0.3) is 0 Å². The summed E-state index contributed by atoms with van der Waals surface area (Å²) in [5, 5.41) is 3.34. The fourth-order valence-electron chi connectivity index (χ4n) is 2.60. The van der Waals surface area contributed by atoms with E-state index in [-0.39, 0.29) is 11.8 Å². The number of carbonyl (C=O) groups is 1. The number of nitrogens with one attached hydrogen (secondary N) is 1. The maximum absolute atomic E-state index is 12.5. The van der Waals surface area contributed by atoms with Gasteiger partial charge in [-0.2, -0.15) is 0 Å². The number of nitrogens with zero attached hydrogens (tertiary/aromatic N) is 1. The second-order valence-corrected chi connectivity index (χ2v) is 6.05. The van der Waals surface area contributed by atoms with Gasteiger partial charge in [-0.05, 0) is 30.4 Å². The van der Waals surface area contributed by atoms with Crippen molar-refractivity contribution in [1.29, 1.82) is 0 Å². The zero-order chi connectivity index (χ0) is 14.4. The van der Waals surface area contributed by atoms with Gasteiger partial charge in [0.2, 0.25) is 5.91 Å². The molecule has 0 bridgehead atoms. The van der Waals surface area contributed by atoms with E-state index >= 15 is 0 Å². The molecular formula is C16H26N2O2. The summed E-state index contributed by atoms with van der Waals surface area (Å²) in [6.07, 6.45) is 4.01. The highest BCUT2D eigenvalue weighted by atomic mass is 16.5. The Balaban J connectivity index is 1.92. The van der Waals surface area contributed by atoms with Crippen LogP contribution in [-0.2, 0) is 9.53 Å². The molecule has 0 aromatic heterocycles. The highest BCUT2D eigenvalue weighted by Gasteiger charge is 2.28. The molecule has 4 nitrogen and oxygen atoms in total. The minimum absolute atomic E-state index is 0.0665. The largest absolute Gasteiger partial charge is 0.378 e. The van der Waals surface area contributed by atoms with Crippen molar-refractivity contribution in [2.24, 2.45) is 11.8 Å². The molecule has 1 N–H and O–H groups in total. The Bertz CT molecular complexity index is 391. The van der Waals surface area contributed by atoms with Crippen LogP contribution in [0.2, 0.25) is 0 Å². The molecule has 20 heavy (non-hydrogen) atoms. The van der Waals surface area contributed by atoms with Gasteiger partial charge in [-0.25, -0.2) is 0 Å². The lowest BCUT2D eigenvalue weighted by Crippen LogP contribution is -2.47. The Morgan fingerprint density at radius 3 is 2.95 bits per heavy atom. The molecule has 2 saturated heterocycles. The van der Waals surface area contributed by atoms with E-state index < -0.39 is 0 Å². The van der Waals surface area contributed by atoms with Crippen molar-refractivity contribution in [1.82, 2.24) is 10.2 Å². The Morgan fingerprint density at radius 2 is 2.25 bits per heavy atom. The van der Waals surface area contributed by atoms with Gasteiger partial charge in [0.1, 0.15) is 0 Å². The van der Waals surface area contributed by atoms with E-state index in [9.17, 15) is 4.79 Å². The third-order valence-electron chi connectivity index (χ3n) is 3.79. The van der Waals surface area contributed by atoms with Crippen LogP contribution in [0.4, 0.5) is 0 Å². The Morgan fingerprint density at radius 1 is 1.50 bits per heavy atom. The van der Waals surface area contributed by atoms with Crippen LogP contribution in [0, 0.1) is 11.8 Å². The molecule has 2 rings (SSSR count). The Labute approximate surface area is 121 Å². The Hall–Kier alpha value is -1.09. The maximum atomic E-state index is 12.5. The summed E-state index contributed by atoms with van der Waals surface area (Å²) in [6.45, 7) is 8.85. The van der Waals surface area contributed by atoms with E-state index in [1.165, 1.54) is 5.57 Å². The zero-order valence-electron chi connectivity index (χ0n) is 12.7. The summed E-state index contributed by atoms with van der Waals surface area (Å²) >= 11 is 0. The molecule has 2 aliphatic heterocycles. The topological polar surface area (TPSA) is 41.6 Å². The quantitative estimate of drug-likeness (QED) is 0.797. The second kappa shape index (κ2) is 7.63. The fraction of sp³-hybridized carbons (Fsp3) is 0.750. The lowest BCUT2D eigenvalue weighted by molar-refractivity contribution is -0.139. The minimum Gasteiger partial charge on any atom is -0.378 e. The standard InChI is InChI=1S/C16H26N2O2/c1-13(2)4-3-5-14-10-15(12-17-11-14)16(19)18-6-8-20-9-7-18/h3,13,15,17H,4,6-12H2,1-2H3/t5?,15-/m1/s1. The highest BCUT2D eigenvalue weighted by molar-refractivity contribution is 5.79. The summed E-state index contributed by atoms with van der Waals surface area (Å²) in [5.41, 5.74) is 4.60. The van der Waals surface area contributed by atoms with Crippen LogP contribution in [0.25, 0.3) is 0 Å². The molecule has 2 aliphatic rings. The molecule has 0 radical (unpaired) electrons. The number of ether oxygens (including phenoxy) is 1. The second-order valence-electron chi connectivity index (χ2n) is 6.05. The molecule has 0 aromatic carbocycles. The van der Waals surface area contributed by atoms with Crippen LogP contribution < -0.4 is 5.32 Å². The third kappa shape index (κ3) is 4.48. The van der Waals surface area contributed by atoms with Gasteiger partial charge >= 0.3 is 0 Å². The average molecular weight is 278 g/mol. The monoisotopic (exact) mass is 278 g/mol. The van der Waals surface area contributed by atoms with Crippen LogP contribution in [0.15, 0.2) is 17.4 Å². The van der Waals surface area contributed by atoms with Crippen LogP contribution in [0.3, 0.4) is 0 Å². The first-order valence-corrected chi connectivity index (χ1v) is 7.67. The smallest absolute Gasteiger partial charge is 0.227 e. The predicted molar refractivity (Wildman–Crippen MR) is 79.4 cm³/mol. The van der Waals surface area contributed by atoms with Gasteiger partial charge in [-0.3, -0.25) is 4.79 Å². The fourth-order valence-corrected chi connectivity index (χ4v) is 2.60. The van der Waals surface area contributed by atoms with E-state index in [1.807, 2.05) is 4.90 Å². The normalized spacial score (nSPS) is 23.6. The Kier molecular flexibility index (Phi) is 5.84. The van der Waals surface area contributed by atoms with Crippen molar-refractivity contribution in [2.75, 3.05) is 39.4 Å². The average Bonchev–Trinajstić information content (AvgIpc) is 2.47. The third-order valence-corrected chi connectivity index (χ3v) is 3.79. The van der Waals surface area contributed by atoms with Crippen molar-refractivity contribution in [3.05, 3.63) is 17.4 Å². The van der Waals surface area contributed by atoms with Crippen LogP contribution >= 0.6 is 0 Å². The minimum atomic E-state index is 0.0665. The summed E-state index contributed by atoms with van der Waals surface area (Å²) in [6, 6.07) is 0. The van der Waals surface area contributed by atoms with Crippen LogP contribution in [0.5, 0.6) is 0 Å². The lowest BCUT2D eigenvalue weighted by atomic mass is 9.94. The van der Waals surface area contributed by atoms with Crippen LogP contribution in [-0.4, -0.2) is 50.2 Å². The first kappa shape index (κ1) is 15.3. The van der Waals surface area contributed by atoms with E-state index in [2.05, 4.69) is 31.0 Å². The molecule has 112 valence electrons. The SMILES string of the molecule is CC(C)CC=C=C1CNC[C@H](C(=O)N2CCOCC2)C1. The molecule has 0 unspecified atom stereocenters. The van der Waals surface area contributed by atoms with Gasteiger partial charge in [0, 0.05) is 26.2 Å². The zero-order valence-corrected chi connectivity index (χ0v) is 12.7. The van der Waals surface area contributed by atoms with Crippen molar-refractivity contribution in [3.8, 4) is 0 Å². The lowest BCUT2D eigenvalue weighted by Gasteiger charge is -2.32. The van der Waals surface area contributed by atoms with Gasteiger partial charge in [-0.15, -0.1) is 5.73 Å². The van der Waals surface area contributed by atoms with Gasteiger partial charge in [-0.1, -0.05) is 13.8 Å². The van der Waals surface area contributed by atoms with Crippen molar-refractivity contribution in [2.45, 2.75) is 26.7 Å². The van der Waals surface area contributed by atoms with E-state index in [1.54, 1.807) is 0 Å². The first-order chi connectivity index (χ1) is 9.66. The molecule has 0 saturated carbocycles. The summed E-state index contributed by atoms with van der Waals surface area (Å²) in [4.78, 5) is 14.4. The van der Waals surface area contributed by atoms with Crippen molar-refractivity contribution >= 4 is 5.91 Å². The first-order valence-electron chi connectivity index (χ1n) is 7.67. The van der Waals surface area contributed by atoms with E-state index in [0.29, 0.717) is 19.1 Å². The number of carbonyl (C=O) groups excluding carboxylic acids is 1. The van der Waals surface area contributed by atoms with E-state index in [4.69, 9.17) is 4.74 Å². The molecule has 1 atom stereocenters. The van der Waals surface area contributed by atoms with Gasteiger partial charge < -0.3 is 15.0 Å². The number of hydrogen-bond donors (Lipinski definition) is 1. The number of morpholine rings is 1. The molecule has 1 amide bonds. The molecule has 0 aromatic rings. The molecule has 2 heterocycles. The van der Waals surface area contributed by atoms with Crippen molar-refractivity contribution in [3.63, 3.8) is 0 Å². The van der Waals surface area contributed by atoms with E-state index in [0.717, 1.165) is 39.0 Å². The summed E-state index contributed by atoms with van der Waals surface area (Å²) in [5.74, 6) is 0.992. The summed E-state index contributed by atoms with van der Waals surface area (Å²) in [7, 11) is 0. The van der Waals surface area contributed by atoms with Crippen LogP contribution in [0.1, 0.15) is 26.7 Å². The highest BCUT2D eigenvalue weighted by Crippen LogP contribution is 2.18. The molecular weight excluding hydrogens is 252 g/mol. The molecule has 0 aliphatic carbocycles. The predicted octanol–water partition coefficient (Wildman–Crippen LogP) is 1.58. The molecule has 2 fully saturated rings. The number of hydrogen-bond acceptors (Lipinski definition) is 3. The number of amides is 1.